The SMILES string of the molecule is CC[C@@H]1CCc2sc(-c3nnc(SCC(=O)[C@H](C#N)C(C)=N)n3C)cc2C1. The van der Waals surface area contributed by atoms with Crippen molar-refractivity contribution in [3.05, 3.63) is 16.5 Å². The van der Waals surface area contributed by atoms with Crippen molar-refractivity contribution in [1.82, 2.24) is 14.8 Å². The van der Waals surface area contributed by atoms with E-state index in [0.717, 1.165) is 29.5 Å². The number of nitriles is 1. The van der Waals surface area contributed by atoms with E-state index in [-0.39, 0.29) is 17.2 Å². The Bertz CT molecular complexity index is 908. The maximum absolute atomic E-state index is 12.1. The lowest BCUT2D eigenvalue weighted by molar-refractivity contribution is -0.117. The summed E-state index contributed by atoms with van der Waals surface area (Å²) in [6, 6.07) is 4.14. The third kappa shape index (κ3) is 4.14. The maximum atomic E-state index is 12.1. The Hall–Kier alpha value is -1.98. The predicted molar refractivity (Wildman–Crippen MR) is 108 cm³/mol. The number of carbonyl (C=O) groups excluding carboxylic acids is 1. The van der Waals surface area contributed by atoms with Gasteiger partial charge in [0, 0.05) is 17.6 Å². The highest BCUT2D eigenvalue weighted by molar-refractivity contribution is 7.99. The van der Waals surface area contributed by atoms with E-state index in [1.54, 1.807) is 11.3 Å². The fourth-order valence-corrected chi connectivity index (χ4v) is 5.39. The lowest BCUT2D eigenvalue weighted by atomic mass is 9.87. The number of hydrogen-bond donors (Lipinski definition) is 1. The van der Waals surface area contributed by atoms with E-state index >= 15 is 0 Å². The number of carbonyl (C=O) groups is 1. The van der Waals surface area contributed by atoms with Crippen molar-refractivity contribution in [2.24, 2.45) is 18.9 Å². The summed E-state index contributed by atoms with van der Waals surface area (Å²) >= 11 is 3.06. The minimum absolute atomic E-state index is 0.0799. The monoisotopic (exact) mass is 401 g/mol. The van der Waals surface area contributed by atoms with E-state index in [0.29, 0.717) is 5.16 Å². The third-order valence-corrected chi connectivity index (χ3v) is 7.32. The quantitative estimate of drug-likeness (QED) is 0.561. The first kappa shape index (κ1) is 19.8. The van der Waals surface area contributed by atoms with Crippen LogP contribution in [0.5, 0.6) is 0 Å². The molecule has 0 radical (unpaired) electrons. The summed E-state index contributed by atoms with van der Waals surface area (Å²) in [6.07, 6.45) is 4.78. The summed E-state index contributed by atoms with van der Waals surface area (Å²) in [7, 11) is 1.90. The molecule has 0 fully saturated rings. The minimum atomic E-state index is -0.972. The maximum Gasteiger partial charge on any atom is 0.191 e. The topological polar surface area (TPSA) is 95.4 Å². The number of rotatable bonds is 7. The largest absolute Gasteiger partial charge is 0.308 e. The Balaban J connectivity index is 1.73. The van der Waals surface area contributed by atoms with E-state index < -0.39 is 5.92 Å². The van der Waals surface area contributed by atoms with Crippen LogP contribution in [-0.4, -0.2) is 32.0 Å². The summed E-state index contributed by atoms with van der Waals surface area (Å²) in [4.78, 5) is 14.7. The molecule has 1 aliphatic carbocycles. The van der Waals surface area contributed by atoms with Gasteiger partial charge in [-0.2, -0.15) is 5.26 Å². The summed E-state index contributed by atoms with van der Waals surface area (Å²) in [5.74, 6) is 0.469. The van der Waals surface area contributed by atoms with Crippen LogP contribution in [0.1, 0.15) is 37.1 Å². The molecule has 0 unspecified atom stereocenters. The van der Waals surface area contributed by atoms with Crippen LogP contribution in [0.2, 0.25) is 0 Å². The first-order valence-electron chi connectivity index (χ1n) is 9.06. The van der Waals surface area contributed by atoms with Gasteiger partial charge in [0.1, 0.15) is 5.92 Å². The van der Waals surface area contributed by atoms with Crippen LogP contribution in [0, 0.1) is 28.6 Å². The molecule has 0 amide bonds. The molecule has 1 N–H and O–H groups in total. The van der Waals surface area contributed by atoms with Crippen LogP contribution in [0.3, 0.4) is 0 Å². The molecule has 6 nitrogen and oxygen atoms in total. The number of thioether (sulfide) groups is 1. The highest BCUT2D eigenvalue weighted by atomic mass is 32.2. The van der Waals surface area contributed by atoms with Crippen molar-refractivity contribution in [2.45, 2.75) is 44.7 Å². The zero-order valence-electron chi connectivity index (χ0n) is 15.8. The van der Waals surface area contributed by atoms with Crippen LogP contribution in [0.15, 0.2) is 11.2 Å². The van der Waals surface area contributed by atoms with E-state index in [1.165, 1.54) is 42.0 Å². The summed E-state index contributed by atoms with van der Waals surface area (Å²) < 4.78 is 1.91. The van der Waals surface area contributed by atoms with E-state index in [9.17, 15) is 4.79 Å². The molecule has 2 aromatic rings. The van der Waals surface area contributed by atoms with Gasteiger partial charge >= 0.3 is 0 Å². The van der Waals surface area contributed by atoms with Crippen LogP contribution in [0.4, 0.5) is 0 Å². The molecule has 0 bridgehead atoms. The van der Waals surface area contributed by atoms with Crippen molar-refractivity contribution in [3.63, 3.8) is 0 Å². The predicted octanol–water partition coefficient (Wildman–Crippen LogP) is 3.90. The second-order valence-corrected chi connectivity index (χ2v) is 9.02. The molecule has 142 valence electrons. The summed E-state index contributed by atoms with van der Waals surface area (Å²) in [5, 5.41) is 25.8. The third-order valence-electron chi connectivity index (χ3n) is 5.05. The Labute approximate surface area is 167 Å². The second-order valence-electron chi connectivity index (χ2n) is 6.94. The van der Waals surface area contributed by atoms with Gasteiger partial charge in [-0.05, 0) is 43.7 Å². The molecule has 0 spiro atoms. The molecule has 0 saturated carbocycles. The van der Waals surface area contributed by atoms with Crippen LogP contribution in [0.25, 0.3) is 10.7 Å². The highest BCUT2D eigenvalue weighted by Crippen LogP contribution is 2.38. The summed E-state index contributed by atoms with van der Waals surface area (Å²) in [5.41, 5.74) is 1.52. The van der Waals surface area contributed by atoms with E-state index in [2.05, 4.69) is 23.2 Å². The molecule has 2 aromatic heterocycles. The first-order chi connectivity index (χ1) is 12.9. The van der Waals surface area contributed by atoms with Crippen molar-refractivity contribution >= 4 is 34.6 Å². The lowest BCUT2D eigenvalue weighted by Gasteiger charge is -2.19. The fourth-order valence-electron chi connectivity index (χ4n) is 3.34. The van der Waals surface area contributed by atoms with Gasteiger partial charge in [0.15, 0.2) is 16.8 Å². The van der Waals surface area contributed by atoms with Gasteiger partial charge in [-0.15, -0.1) is 21.5 Å². The molecule has 1 aliphatic rings. The van der Waals surface area contributed by atoms with Crippen molar-refractivity contribution < 1.29 is 4.79 Å². The molecule has 8 heteroatoms. The number of hydrogen-bond acceptors (Lipinski definition) is 7. The second kappa shape index (κ2) is 8.36. The number of thiophene rings is 1. The van der Waals surface area contributed by atoms with Crippen LogP contribution < -0.4 is 0 Å². The average molecular weight is 402 g/mol. The van der Waals surface area contributed by atoms with Crippen molar-refractivity contribution in [3.8, 4) is 16.8 Å². The normalized spacial score (nSPS) is 17.2. The first-order valence-corrected chi connectivity index (χ1v) is 10.9. The summed E-state index contributed by atoms with van der Waals surface area (Å²) in [6.45, 7) is 3.74. The lowest BCUT2D eigenvalue weighted by Crippen LogP contribution is -2.21. The van der Waals surface area contributed by atoms with Gasteiger partial charge in [-0.3, -0.25) is 4.79 Å². The molecule has 0 saturated heterocycles. The minimum Gasteiger partial charge on any atom is -0.308 e. The molecule has 27 heavy (non-hydrogen) atoms. The number of nitrogens with zero attached hydrogens (tertiary/aromatic N) is 4. The molecule has 0 aromatic carbocycles. The molecule has 2 heterocycles. The van der Waals surface area contributed by atoms with Crippen molar-refractivity contribution in [2.75, 3.05) is 5.75 Å². The number of fused-ring (bicyclic) bond motifs is 1. The van der Waals surface area contributed by atoms with Gasteiger partial charge < -0.3 is 9.98 Å². The van der Waals surface area contributed by atoms with Crippen LogP contribution in [-0.2, 0) is 24.7 Å². The molecular formula is C19H23N5OS2. The standard InChI is InChI=1S/C19H23N5OS2/c1-4-12-5-6-16-13(7-12)8-17(27-16)18-22-23-19(24(18)3)26-10-15(25)14(9-20)11(2)21/h8,12,14,21H,4-7,10H2,1-3H3/t12-,14-/m1/s1. The van der Waals surface area contributed by atoms with Gasteiger partial charge in [-0.1, -0.05) is 25.1 Å². The van der Waals surface area contributed by atoms with Crippen LogP contribution >= 0.6 is 23.1 Å². The smallest absolute Gasteiger partial charge is 0.191 e. The number of ketones is 1. The van der Waals surface area contributed by atoms with E-state index in [4.69, 9.17) is 10.7 Å². The zero-order chi connectivity index (χ0) is 19.6. The number of aryl methyl sites for hydroxylation is 1. The number of Topliss-reactive ketones (excluding diaryl/α,β-unsaturated/α-hetero) is 1. The van der Waals surface area contributed by atoms with E-state index in [1.807, 2.05) is 17.7 Å². The average Bonchev–Trinajstić information content (AvgIpc) is 3.22. The van der Waals surface area contributed by atoms with Gasteiger partial charge in [-0.25, -0.2) is 0 Å². The Morgan fingerprint density at radius 2 is 2.33 bits per heavy atom. The van der Waals surface area contributed by atoms with Gasteiger partial charge in [0.2, 0.25) is 0 Å². The Morgan fingerprint density at radius 3 is 3.00 bits per heavy atom. The molecule has 0 aliphatic heterocycles. The molecule has 3 rings (SSSR count). The Kier molecular flexibility index (Phi) is 6.12. The highest BCUT2D eigenvalue weighted by Gasteiger charge is 2.24. The van der Waals surface area contributed by atoms with Gasteiger partial charge in [0.05, 0.1) is 16.7 Å². The Morgan fingerprint density at radius 1 is 1.56 bits per heavy atom. The van der Waals surface area contributed by atoms with Crippen molar-refractivity contribution in [1.29, 1.82) is 10.7 Å². The molecular weight excluding hydrogens is 378 g/mol. The van der Waals surface area contributed by atoms with Gasteiger partial charge in [0.25, 0.3) is 0 Å². The number of nitrogens with one attached hydrogen (secondary N) is 1. The fraction of sp³-hybridized carbons (Fsp3) is 0.526. The molecule has 2 atom stereocenters. The zero-order valence-corrected chi connectivity index (χ0v) is 17.4. The number of aromatic nitrogens is 3.